The monoisotopic (exact) mass is 248 g/mol. The molecule has 90 valence electrons. The Hall–Kier alpha value is -1.09. The highest BCUT2D eigenvalue weighted by Gasteiger charge is 2.23. The molecule has 1 aliphatic carbocycles. The summed E-state index contributed by atoms with van der Waals surface area (Å²) in [5.74, 6) is 0.518. The van der Waals surface area contributed by atoms with E-state index >= 15 is 0 Å². The van der Waals surface area contributed by atoms with Gasteiger partial charge in [0.25, 0.3) is 0 Å². The summed E-state index contributed by atoms with van der Waals surface area (Å²) in [6, 6.07) is 9.16. The first-order chi connectivity index (χ1) is 8.27. The molecule has 0 bridgehead atoms. The molecule has 0 N–H and O–H groups in total. The minimum absolute atomic E-state index is 0.0435. The number of hydrogen-bond acceptors (Lipinski definition) is 3. The van der Waals surface area contributed by atoms with Crippen molar-refractivity contribution in [3.05, 3.63) is 35.9 Å². The number of carbonyl (C=O) groups excluding carboxylic acids is 2. The van der Waals surface area contributed by atoms with Gasteiger partial charge >= 0.3 is 0 Å². The summed E-state index contributed by atoms with van der Waals surface area (Å²) in [6.07, 6.45) is 4.32. The third kappa shape index (κ3) is 3.43. The van der Waals surface area contributed by atoms with Crippen LogP contribution in [0.2, 0.25) is 0 Å². The van der Waals surface area contributed by atoms with Gasteiger partial charge in [0.1, 0.15) is 0 Å². The first-order valence-electron chi connectivity index (χ1n) is 6.02. The van der Waals surface area contributed by atoms with Crippen molar-refractivity contribution < 1.29 is 9.59 Å². The van der Waals surface area contributed by atoms with Crippen LogP contribution in [0.25, 0.3) is 0 Å². The average molecular weight is 248 g/mol. The van der Waals surface area contributed by atoms with Crippen molar-refractivity contribution in [2.45, 2.75) is 25.7 Å². The predicted molar refractivity (Wildman–Crippen MR) is 70.2 cm³/mol. The van der Waals surface area contributed by atoms with Crippen LogP contribution in [-0.2, 0) is 4.79 Å². The summed E-state index contributed by atoms with van der Waals surface area (Å²) in [4.78, 5) is 23.6. The van der Waals surface area contributed by atoms with E-state index in [0.29, 0.717) is 5.56 Å². The molecule has 2 rings (SSSR count). The van der Waals surface area contributed by atoms with E-state index in [9.17, 15) is 9.59 Å². The van der Waals surface area contributed by atoms with E-state index in [2.05, 4.69) is 0 Å². The summed E-state index contributed by atoms with van der Waals surface area (Å²) < 4.78 is 0. The van der Waals surface area contributed by atoms with Gasteiger partial charge in [-0.25, -0.2) is 0 Å². The van der Waals surface area contributed by atoms with Crippen LogP contribution >= 0.6 is 11.8 Å². The maximum atomic E-state index is 11.8. The van der Waals surface area contributed by atoms with E-state index < -0.39 is 0 Å². The molecule has 1 aliphatic rings. The van der Waals surface area contributed by atoms with Crippen molar-refractivity contribution in [1.82, 2.24) is 0 Å². The molecule has 0 unspecified atom stereocenters. The molecule has 0 aromatic heterocycles. The summed E-state index contributed by atoms with van der Waals surface area (Å²) in [5, 5.41) is 0.201. The van der Waals surface area contributed by atoms with E-state index in [0.717, 1.165) is 25.7 Å². The number of rotatable bonds is 4. The molecular formula is C14H16O2S. The van der Waals surface area contributed by atoms with Gasteiger partial charge in [-0.05, 0) is 12.8 Å². The number of Topliss-reactive ketones (excluding diaryl/α,β-unsaturated/α-hetero) is 1. The van der Waals surface area contributed by atoms with Gasteiger partial charge < -0.3 is 0 Å². The third-order valence-corrected chi connectivity index (χ3v) is 4.15. The van der Waals surface area contributed by atoms with Crippen LogP contribution in [0.5, 0.6) is 0 Å². The Balaban J connectivity index is 1.82. The summed E-state index contributed by atoms with van der Waals surface area (Å²) in [5.41, 5.74) is 0.694. The molecule has 0 aliphatic heterocycles. The Labute approximate surface area is 106 Å². The molecule has 1 aromatic rings. The molecule has 3 heteroatoms. The fourth-order valence-corrected chi connectivity index (χ4v) is 3.03. The standard InChI is InChI=1S/C14H16O2S/c15-13(11-6-2-1-3-7-11)10-17-14(16)12-8-4-5-9-12/h1-3,6-7,12H,4-5,8-10H2. The van der Waals surface area contributed by atoms with Crippen LogP contribution in [0, 0.1) is 5.92 Å². The molecule has 2 nitrogen and oxygen atoms in total. The molecule has 0 heterocycles. The van der Waals surface area contributed by atoms with Crippen LogP contribution in [0.3, 0.4) is 0 Å². The lowest BCUT2D eigenvalue weighted by atomic mass is 10.1. The first-order valence-corrected chi connectivity index (χ1v) is 7.01. The molecule has 0 amide bonds. The maximum Gasteiger partial charge on any atom is 0.192 e. The summed E-state index contributed by atoms with van der Waals surface area (Å²) >= 11 is 1.19. The predicted octanol–water partition coefficient (Wildman–Crippen LogP) is 3.32. The lowest BCUT2D eigenvalue weighted by Crippen LogP contribution is -2.10. The van der Waals surface area contributed by atoms with Gasteiger partial charge in [0.2, 0.25) is 0 Å². The second-order valence-electron chi connectivity index (χ2n) is 4.38. The number of ketones is 1. The van der Waals surface area contributed by atoms with Gasteiger partial charge in [-0.3, -0.25) is 9.59 Å². The number of thioether (sulfide) groups is 1. The fourth-order valence-electron chi connectivity index (χ4n) is 2.12. The van der Waals surface area contributed by atoms with Crippen molar-refractivity contribution >= 4 is 22.7 Å². The highest BCUT2D eigenvalue weighted by molar-refractivity contribution is 8.14. The Morgan fingerprint density at radius 1 is 1.12 bits per heavy atom. The third-order valence-electron chi connectivity index (χ3n) is 3.13. The van der Waals surface area contributed by atoms with Crippen molar-refractivity contribution in [3.63, 3.8) is 0 Å². The topological polar surface area (TPSA) is 34.1 Å². The number of benzene rings is 1. The first kappa shape index (κ1) is 12.4. The lowest BCUT2D eigenvalue weighted by Gasteiger charge is -2.06. The lowest BCUT2D eigenvalue weighted by molar-refractivity contribution is -0.114. The Morgan fingerprint density at radius 3 is 2.41 bits per heavy atom. The molecular weight excluding hydrogens is 232 g/mol. The average Bonchev–Trinajstić information content (AvgIpc) is 2.90. The van der Waals surface area contributed by atoms with Crippen molar-refractivity contribution in [2.75, 3.05) is 5.75 Å². The largest absolute Gasteiger partial charge is 0.293 e. The van der Waals surface area contributed by atoms with E-state index in [1.807, 2.05) is 18.2 Å². The summed E-state index contributed by atoms with van der Waals surface area (Å²) in [6.45, 7) is 0. The Bertz CT molecular complexity index is 394. The molecule has 1 saturated carbocycles. The van der Waals surface area contributed by atoms with Crippen LogP contribution in [-0.4, -0.2) is 16.7 Å². The van der Waals surface area contributed by atoms with Gasteiger partial charge in [0.15, 0.2) is 10.9 Å². The molecule has 1 aromatic carbocycles. The number of hydrogen-bond donors (Lipinski definition) is 0. The minimum Gasteiger partial charge on any atom is -0.293 e. The van der Waals surface area contributed by atoms with Crippen molar-refractivity contribution in [2.24, 2.45) is 5.92 Å². The van der Waals surface area contributed by atoms with Crippen molar-refractivity contribution in [3.8, 4) is 0 Å². The molecule has 0 atom stereocenters. The van der Waals surface area contributed by atoms with Crippen molar-refractivity contribution in [1.29, 1.82) is 0 Å². The minimum atomic E-state index is 0.0435. The van der Waals surface area contributed by atoms with Crippen LogP contribution in [0.4, 0.5) is 0 Å². The molecule has 17 heavy (non-hydrogen) atoms. The SMILES string of the molecule is O=C(CSC(=O)C1CCCC1)c1ccccc1. The second kappa shape index (κ2) is 6.01. The molecule has 0 radical (unpaired) electrons. The zero-order valence-electron chi connectivity index (χ0n) is 9.72. The van der Waals surface area contributed by atoms with Crippen LogP contribution in [0.15, 0.2) is 30.3 Å². The highest BCUT2D eigenvalue weighted by atomic mass is 32.2. The van der Waals surface area contributed by atoms with Crippen LogP contribution < -0.4 is 0 Å². The smallest absolute Gasteiger partial charge is 0.192 e. The van der Waals surface area contributed by atoms with Gasteiger partial charge in [-0.2, -0.15) is 0 Å². The van der Waals surface area contributed by atoms with Crippen LogP contribution in [0.1, 0.15) is 36.0 Å². The van der Waals surface area contributed by atoms with E-state index in [1.165, 1.54) is 11.8 Å². The zero-order valence-corrected chi connectivity index (χ0v) is 10.5. The van der Waals surface area contributed by atoms with Gasteiger partial charge in [-0.1, -0.05) is 54.9 Å². The fraction of sp³-hybridized carbons (Fsp3) is 0.429. The second-order valence-corrected chi connectivity index (χ2v) is 5.36. The quantitative estimate of drug-likeness (QED) is 0.766. The Kier molecular flexibility index (Phi) is 4.37. The zero-order chi connectivity index (χ0) is 12.1. The van der Waals surface area contributed by atoms with Gasteiger partial charge in [0, 0.05) is 11.5 Å². The summed E-state index contributed by atoms with van der Waals surface area (Å²) in [7, 11) is 0. The molecule has 0 saturated heterocycles. The number of carbonyl (C=O) groups is 2. The van der Waals surface area contributed by atoms with E-state index in [1.54, 1.807) is 12.1 Å². The maximum absolute atomic E-state index is 11.8. The van der Waals surface area contributed by atoms with Gasteiger partial charge in [0.05, 0.1) is 5.75 Å². The van der Waals surface area contributed by atoms with E-state index in [-0.39, 0.29) is 22.6 Å². The highest BCUT2D eigenvalue weighted by Crippen LogP contribution is 2.29. The van der Waals surface area contributed by atoms with E-state index in [4.69, 9.17) is 0 Å². The molecule has 1 fully saturated rings. The van der Waals surface area contributed by atoms with Gasteiger partial charge in [-0.15, -0.1) is 0 Å². The normalized spacial score (nSPS) is 16.0. The Morgan fingerprint density at radius 2 is 1.76 bits per heavy atom. The molecule has 0 spiro atoms.